The average molecular weight is 342 g/mol. The summed E-state index contributed by atoms with van der Waals surface area (Å²) in [6.45, 7) is 2.28. The Morgan fingerprint density at radius 2 is 1.84 bits per heavy atom. The van der Waals surface area contributed by atoms with Crippen molar-refractivity contribution >= 4 is 0 Å². The molecule has 0 aromatic rings. The minimum Gasteiger partial charge on any atom is -0.493 e. The van der Waals surface area contributed by atoms with Gasteiger partial charge in [-0.1, -0.05) is 6.92 Å². The second-order valence-corrected chi connectivity index (χ2v) is 7.37. The molecule has 0 N–H and O–H groups in total. The fourth-order valence-corrected chi connectivity index (χ4v) is 4.74. The molecule has 0 saturated heterocycles. The molecule has 1 fully saturated rings. The van der Waals surface area contributed by atoms with Crippen molar-refractivity contribution < 1.29 is 19.0 Å². The highest BCUT2D eigenvalue weighted by Crippen LogP contribution is 2.57. The molecule has 4 rings (SSSR count). The van der Waals surface area contributed by atoms with Crippen molar-refractivity contribution in [3.63, 3.8) is 0 Å². The smallest absolute Gasteiger partial charge is 0.419 e. The Bertz CT molecular complexity index is 799. The lowest BCUT2D eigenvalue weighted by molar-refractivity contribution is -0.462. The first-order valence-corrected chi connectivity index (χ1v) is 8.72. The van der Waals surface area contributed by atoms with Crippen LogP contribution in [0.4, 0.5) is 0 Å². The van der Waals surface area contributed by atoms with E-state index in [1.807, 2.05) is 6.08 Å². The van der Waals surface area contributed by atoms with Gasteiger partial charge in [0.2, 0.25) is 6.20 Å². The van der Waals surface area contributed by atoms with E-state index in [9.17, 15) is 4.91 Å². The van der Waals surface area contributed by atoms with Crippen LogP contribution in [0.5, 0.6) is 0 Å². The van der Waals surface area contributed by atoms with E-state index in [0.717, 1.165) is 35.4 Å². The van der Waals surface area contributed by atoms with E-state index in [2.05, 4.69) is 19.1 Å². The fourth-order valence-electron chi connectivity index (χ4n) is 4.74. The first kappa shape index (κ1) is 16.2. The van der Waals surface area contributed by atoms with Gasteiger partial charge in [-0.05, 0) is 54.4 Å². The molecule has 3 atom stereocenters. The third-order valence-electron chi connectivity index (χ3n) is 6.05. The molecule has 0 aromatic carbocycles. The number of allylic oxidation sites excluding steroid dienone is 6. The summed E-state index contributed by atoms with van der Waals surface area (Å²) < 4.78 is 17.4. The maximum Gasteiger partial charge on any atom is 0.419 e. The van der Waals surface area contributed by atoms with Crippen molar-refractivity contribution in [3.05, 3.63) is 63.5 Å². The van der Waals surface area contributed by atoms with Crippen LogP contribution in [0.15, 0.2) is 58.5 Å². The normalized spacial score (nSPS) is 33.4. The van der Waals surface area contributed by atoms with E-state index in [1.54, 1.807) is 27.5 Å². The zero-order chi connectivity index (χ0) is 17.8. The van der Waals surface area contributed by atoms with Crippen LogP contribution in [0.2, 0.25) is 0 Å². The zero-order valence-electron chi connectivity index (χ0n) is 15.2. The Hall–Kier alpha value is -2.30. The molecular formula is C20H24NO4+. The second-order valence-electron chi connectivity index (χ2n) is 7.37. The van der Waals surface area contributed by atoms with Gasteiger partial charge in [0, 0.05) is 22.0 Å². The van der Waals surface area contributed by atoms with Gasteiger partial charge >= 0.3 is 5.88 Å². The monoisotopic (exact) mass is 342 g/mol. The Kier molecular flexibility index (Phi) is 3.63. The maximum atomic E-state index is 12.6. The van der Waals surface area contributed by atoms with Crippen LogP contribution < -0.4 is 0 Å². The first-order valence-electron chi connectivity index (χ1n) is 8.72. The molecular weight excluding hydrogens is 318 g/mol. The molecule has 132 valence electrons. The Morgan fingerprint density at radius 3 is 2.52 bits per heavy atom. The van der Waals surface area contributed by atoms with Crippen LogP contribution in [-0.4, -0.2) is 26.1 Å². The van der Waals surface area contributed by atoms with Crippen LogP contribution in [0.1, 0.15) is 26.2 Å². The predicted octanol–water partition coefficient (Wildman–Crippen LogP) is 3.96. The number of rotatable bonds is 3. The summed E-state index contributed by atoms with van der Waals surface area (Å²) in [6, 6.07) is 0. The van der Waals surface area contributed by atoms with E-state index in [-0.39, 0.29) is 0 Å². The van der Waals surface area contributed by atoms with E-state index >= 15 is 0 Å². The lowest BCUT2D eigenvalue weighted by Gasteiger charge is -2.47. The molecule has 1 saturated carbocycles. The third-order valence-corrected chi connectivity index (χ3v) is 6.05. The number of nitroso groups, excluding NO2 is 1. The van der Waals surface area contributed by atoms with E-state index in [1.165, 1.54) is 11.1 Å². The van der Waals surface area contributed by atoms with Crippen LogP contribution in [0, 0.1) is 22.2 Å². The predicted molar refractivity (Wildman–Crippen MR) is 93.0 cm³/mol. The summed E-state index contributed by atoms with van der Waals surface area (Å²) in [5.74, 6) is 2.88. The van der Waals surface area contributed by atoms with Gasteiger partial charge in [-0.25, -0.2) is 0 Å². The van der Waals surface area contributed by atoms with Crippen molar-refractivity contribution in [1.29, 1.82) is 0 Å². The maximum absolute atomic E-state index is 12.6. The topological polar surface area (TPSA) is 47.8 Å². The molecule has 1 heterocycles. The van der Waals surface area contributed by atoms with Gasteiger partial charge in [-0.2, -0.15) is 0 Å². The Morgan fingerprint density at radius 1 is 1.08 bits per heavy atom. The molecule has 0 amide bonds. The molecule has 3 aliphatic carbocycles. The quantitative estimate of drug-likeness (QED) is 0.729. The molecule has 4 aliphatic rings. The van der Waals surface area contributed by atoms with E-state index in [4.69, 9.17) is 14.2 Å². The minimum absolute atomic E-state index is 0.324. The summed E-state index contributed by atoms with van der Waals surface area (Å²) in [6.07, 6.45) is 10.7. The molecule has 3 bridgehead atoms. The van der Waals surface area contributed by atoms with Gasteiger partial charge in [-0.15, -0.1) is 0 Å². The lowest BCUT2D eigenvalue weighted by atomic mass is 9.57. The zero-order valence-corrected chi connectivity index (χ0v) is 15.2. The Balaban J connectivity index is 2.04. The molecule has 1 aliphatic heterocycles. The number of hydrogen-bond donors (Lipinski definition) is 0. The first-order chi connectivity index (χ1) is 12.0. The number of nitrogens with zero attached hydrogens (tertiary/aromatic N) is 1. The molecule has 0 spiro atoms. The van der Waals surface area contributed by atoms with Crippen molar-refractivity contribution in [1.82, 2.24) is 0 Å². The summed E-state index contributed by atoms with van der Waals surface area (Å²) in [5, 5.41) is 0. The van der Waals surface area contributed by atoms with Crippen molar-refractivity contribution in [3.8, 4) is 0 Å². The van der Waals surface area contributed by atoms with Crippen molar-refractivity contribution in [2.75, 3.05) is 21.3 Å². The highest BCUT2D eigenvalue weighted by molar-refractivity contribution is 5.56. The summed E-state index contributed by atoms with van der Waals surface area (Å²) in [5.41, 5.74) is 3.21. The standard InChI is InChI=1S/C20H24NO4/c1-12-5-14-11-21(22)19(25-4)10-20-8-13(12)6-15(14)16(20)7-17(23-2)18(9-20)24-3/h7,9-13H,5-6,8H2,1-4H3/q+1. The van der Waals surface area contributed by atoms with Gasteiger partial charge in [0.15, 0.2) is 11.5 Å². The molecule has 0 radical (unpaired) electrons. The Labute approximate surface area is 147 Å². The highest BCUT2D eigenvalue weighted by atomic mass is 16.5. The summed E-state index contributed by atoms with van der Waals surface area (Å²) in [7, 11) is 4.85. The summed E-state index contributed by atoms with van der Waals surface area (Å²) >= 11 is 0. The van der Waals surface area contributed by atoms with Gasteiger partial charge < -0.3 is 14.2 Å². The van der Waals surface area contributed by atoms with Gasteiger partial charge in [0.1, 0.15) is 4.76 Å². The van der Waals surface area contributed by atoms with Crippen LogP contribution >= 0.6 is 0 Å². The molecule has 25 heavy (non-hydrogen) atoms. The third kappa shape index (κ3) is 2.29. The fraction of sp³-hybridized carbons (Fsp3) is 0.500. The molecule has 3 unspecified atom stereocenters. The van der Waals surface area contributed by atoms with Gasteiger partial charge in [0.25, 0.3) is 0 Å². The number of hydrogen-bond acceptors (Lipinski definition) is 4. The van der Waals surface area contributed by atoms with Gasteiger partial charge in [0.05, 0.1) is 21.3 Å². The van der Waals surface area contributed by atoms with Crippen LogP contribution in [-0.2, 0) is 14.2 Å². The number of fused-ring (bicyclic) bond motifs is 1. The second kappa shape index (κ2) is 5.61. The van der Waals surface area contributed by atoms with Crippen LogP contribution in [0.3, 0.4) is 0 Å². The number of ether oxygens (including phenoxy) is 3. The average Bonchev–Trinajstić information content (AvgIpc) is 2.61. The highest BCUT2D eigenvalue weighted by Gasteiger charge is 2.49. The number of methoxy groups -OCH3 is 3. The van der Waals surface area contributed by atoms with E-state index < -0.39 is 5.41 Å². The molecule has 5 nitrogen and oxygen atoms in total. The van der Waals surface area contributed by atoms with Crippen molar-refractivity contribution in [2.45, 2.75) is 26.2 Å². The SMILES string of the molecule is COC1=CC2=C3CC4CC2(C=C1OC)C=C(OC)[N+](=O)C=C3CC4C. The lowest BCUT2D eigenvalue weighted by Crippen LogP contribution is -2.38. The molecule has 0 aromatic heterocycles. The largest absolute Gasteiger partial charge is 0.493 e. The van der Waals surface area contributed by atoms with Crippen LogP contribution in [0.25, 0.3) is 0 Å². The minimum atomic E-state index is -0.395. The molecule has 5 heteroatoms. The van der Waals surface area contributed by atoms with Crippen molar-refractivity contribution in [2.24, 2.45) is 17.3 Å². The van der Waals surface area contributed by atoms with Gasteiger partial charge in [-0.3, -0.25) is 0 Å². The van der Waals surface area contributed by atoms with E-state index in [0.29, 0.717) is 23.5 Å². The summed E-state index contributed by atoms with van der Waals surface area (Å²) in [4.78, 5) is 12.6.